The first-order valence-electron chi connectivity index (χ1n) is 5.19. The molecule has 0 fully saturated rings. The number of benzene rings is 2. The molecule has 0 unspecified atom stereocenters. The van der Waals surface area contributed by atoms with E-state index in [2.05, 4.69) is 52.3 Å². The monoisotopic (exact) mass is 263 g/mol. The van der Waals surface area contributed by atoms with Crippen LogP contribution in [0.25, 0.3) is 10.8 Å². The minimum absolute atomic E-state index is 0.754. The van der Waals surface area contributed by atoms with Crippen LogP contribution < -0.4 is 5.73 Å². The summed E-state index contributed by atoms with van der Waals surface area (Å²) in [7, 11) is 0. The Morgan fingerprint density at radius 3 is 2.53 bits per heavy atom. The van der Waals surface area contributed by atoms with Crippen molar-refractivity contribution >= 4 is 26.7 Å². The highest BCUT2D eigenvalue weighted by Gasteiger charge is 2.02. The van der Waals surface area contributed by atoms with Gasteiger partial charge in [-0.05, 0) is 41.8 Å². The van der Waals surface area contributed by atoms with Crippen LogP contribution in [0, 0.1) is 0 Å². The van der Waals surface area contributed by atoms with Gasteiger partial charge in [0.2, 0.25) is 0 Å². The molecule has 0 heterocycles. The average molecular weight is 264 g/mol. The van der Waals surface area contributed by atoms with Gasteiger partial charge in [0.05, 0.1) is 0 Å². The zero-order valence-corrected chi connectivity index (χ0v) is 10.1. The molecule has 0 radical (unpaired) electrons. The van der Waals surface area contributed by atoms with Crippen molar-refractivity contribution in [3.63, 3.8) is 0 Å². The summed E-state index contributed by atoms with van der Waals surface area (Å²) in [4.78, 5) is 0. The van der Waals surface area contributed by atoms with Crippen molar-refractivity contribution in [3.8, 4) is 0 Å². The minimum Gasteiger partial charge on any atom is -0.330 e. The second kappa shape index (κ2) is 4.77. The SMILES string of the molecule is NCCCc1cccc2c(Br)cccc12. The van der Waals surface area contributed by atoms with Gasteiger partial charge in [-0.15, -0.1) is 0 Å². The van der Waals surface area contributed by atoms with E-state index in [9.17, 15) is 0 Å². The minimum atomic E-state index is 0.754. The summed E-state index contributed by atoms with van der Waals surface area (Å²) in [6, 6.07) is 12.8. The van der Waals surface area contributed by atoms with Gasteiger partial charge in [0.15, 0.2) is 0 Å². The van der Waals surface area contributed by atoms with Crippen molar-refractivity contribution in [1.82, 2.24) is 0 Å². The van der Waals surface area contributed by atoms with Gasteiger partial charge in [0.1, 0.15) is 0 Å². The molecule has 0 amide bonds. The van der Waals surface area contributed by atoms with E-state index < -0.39 is 0 Å². The van der Waals surface area contributed by atoms with Crippen LogP contribution in [0.1, 0.15) is 12.0 Å². The zero-order chi connectivity index (χ0) is 10.7. The van der Waals surface area contributed by atoms with E-state index in [1.165, 1.54) is 16.3 Å². The maximum Gasteiger partial charge on any atom is 0.0253 e. The topological polar surface area (TPSA) is 26.0 Å². The second-order valence-corrected chi connectivity index (χ2v) is 4.50. The van der Waals surface area contributed by atoms with E-state index in [1.807, 2.05) is 0 Å². The van der Waals surface area contributed by atoms with E-state index in [1.54, 1.807) is 0 Å². The average Bonchev–Trinajstić information content (AvgIpc) is 2.27. The molecule has 2 heteroatoms. The van der Waals surface area contributed by atoms with Crippen molar-refractivity contribution in [1.29, 1.82) is 0 Å². The van der Waals surface area contributed by atoms with Crippen LogP contribution in [-0.4, -0.2) is 6.54 Å². The maximum atomic E-state index is 5.54. The Morgan fingerprint density at radius 2 is 1.73 bits per heavy atom. The van der Waals surface area contributed by atoms with Crippen LogP contribution in [0.2, 0.25) is 0 Å². The van der Waals surface area contributed by atoms with E-state index in [0.29, 0.717) is 0 Å². The number of aryl methyl sites for hydroxylation is 1. The van der Waals surface area contributed by atoms with Gasteiger partial charge in [-0.2, -0.15) is 0 Å². The van der Waals surface area contributed by atoms with Gasteiger partial charge in [0.25, 0.3) is 0 Å². The normalized spacial score (nSPS) is 10.8. The molecule has 2 rings (SSSR count). The first-order valence-corrected chi connectivity index (χ1v) is 5.98. The molecule has 0 bridgehead atoms. The first kappa shape index (κ1) is 10.7. The zero-order valence-electron chi connectivity index (χ0n) is 8.54. The fourth-order valence-corrected chi connectivity index (χ4v) is 2.35. The summed E-state index contributed by atoms with van der Waals surface area (Å²) in [5.41, 5.74) is 6.93. The second-order valence-electron chi connectivity index (χ2n) is 3.64. The molecular weight excluding hydrogens is 250 g/mol. The van der Waals surface area contributed by atoms with E-state index in [-0.39, 0.29) is 0 Å². The summed E-state index contributed by atoms with van der Waals surface area (Å²) >= 11 is 3.57. The molecule has 2 aromatic rings. The molecule has 78 valence electrons. The van der Waals surface area contributed by atoms with Gasteiger partial charge in [-0.1, -0.05) is 46.3 Å². The molecule has 0 atom stereocenters. The molecule has 15 heavy (non-hydrogen) atoms. The highest BCUT2D eigenvalue weighted by Crippen LogP contribution is 2.26. The van der Waals surface area contributed by atoms with Crippen molar-refractivity contribution in [3.05, 3.63) is 46.4 Å². The molecule has 0 aliphatic heterocycles. The number of nitrogens with two attached hydrogens (primary N) is 1. The maximum absolute atomic E-state index is 5.54. The quantitative estimate of drug-likeness (QED) is 0.902. The van der Waals surface area contributed by atoms with Crippen LogP contribution in [0.15, 0.2) is 40.9 Å². The van der Waals surface area contributed by atoms with Gasteiger partial charge < -0.3 is 5.73 Å². The molecule has 0 saturated heterocycles. The Kier molecular flexibility index (Phi) is 3.39. The van der Waals surface area contributed by atoms with Crippen LogP contribution in [-0.2, 0) is 6.42 Å². The third-order valence-electron chi connectivity index (χ3n) is 2.61. The lowest BCUT2D eigenvalue weighted by molar-refractivity contribution is 0.837. The Bertz CT molecular complexity index is 465. The third-order valence-corrected chi connectivity index (χ3v) is 3.30. The van der Waals surface area contributed by atoms with Crippen LogP contribution in [0.3, 0.4) is 0 Å². The van der Waals surface area contributed by atoms with Gasteiger partial charge in [-0.3, -0.25) is 0 Å². The number of fused-ring (bicyclic) bond motifs is 1. The summed E-state index contributed by atoms with van der Waals surface area (Å²) in [6.07, 6.45) is 2.11. The summed E-state index contributed by atoms with van der Waals surface area (Å²) < 4.78 is 1.16. The van der Waals surface area contributed by atoms with Gasteiger partial charge in [-0.25, -0.2) is 0 Å². The fourth-order valence-electron chi connectivity index (χ4n) is 1.85. The first-order chi connectivity index (χ1) is 7.33. The Labute approximate surface area is 98.4 Å². The molecule has 0 spiro atoms. The molecular formula is C13H14BrN. The van der Waals surface area contributed by atoms with E-state index in [0.717, 1.165) is 23.9 Å². The highest BCUT2D eigenvalue weighted by atomic mass is 79.9. The van der Waals surface area contributed by atoms with Crippen molar-refractivity contribution in [2.24, 2.45) is 5.73 Å². The van der Waals surface area contributed by atoms with E-state index >= 15 is 0 Å². The van der Waals surface area contributed by atoms with Gasteiger partial charge in [0, 0.05) is 4.47 Å². The number of hydrogen-bond donors (Lipinski definition) is 1. The van der Waals surface area contributed by atoms with Crippen LogP contribution in [0.5, 0.6) is 0 Å². The highest BCUT2D eigenvalue weighted by molar-refractivity contribution is 9.10. The Balaban J connectivity index is 2.51. The number of rotatable bonds is 3. The standard InChI is InChI=1S/C13H14BrN/c14-13-8-2-6-11-10(5-3-9-15)4-1-7-12(11)13/h1-2,4,6-8H,3,5,9,15H2. The molecule has 0 saturated carbocycles. The van der Waals surface area contributed by atoms with Crippen LogP contribution >= 0.6 is 15.9 Å². The molecule has 0 aliphatic rings. The van der Waals surface area contributed by atoms with Crippen molar-refractivity contribution in [2.45, 2.75) is 12.8 Å². The van der Waals surface area contributed by atoms with Gasteiger partial charge >= 0.3 is 0 Å². The largest absolute Gasteiger partial charge is 0.330 e. The predicted octanol–water partition coefficient (Wildman–Crippen LogP) is 3.49. The predicted molar refractivity (Wildman–Crippen MR) is 69.0 cm³/mol. The lowest BCUT2D eigenvalue weighted by Crippen LogP contribution is -2.00. The molecule has 2 N–H and O–H groups in total. The molecule has 2 aromatic carbocycles. The third kappa shape index (κ3) is 2.21. The smallest absolute Gasteiger partial charge is 0.0253 e. The molecule has 0 aromatic heterocycles. The summed E-state index contributed by atoms with van der Waals surface area (Å²) in [6.45, 7) is 0.754. The summed E-state index contributed by atoms with van der Waals surface area (Å²) in [5, 5.41) is 2.62. The number of hydrogen-bond acceptors (Lipinski definition) is 1. The Morgan fingerprint density at radius 1 is 1.00 bits per heavy atom. The molecule has 0 aliphatic carbocycles. The fraction of sp³-hybridized carbons (Fsp3) is 0.231. The number of halogens is 1. The Hall–Kier alpha value is -0.860. The van der Waals surface area contributed by atoms with Crippen molar-refractivity contribution in [2.75, 3.05) is 6.54 Å². The van der Waals surface area contributed by atoms with Crippen LogP contribution in [0.4, 0.5) is 0 Å². The summed E-state index contributed by atoms with van der Waals surface area (Å²) in [5.74, 6) is 0. The lowest BCUT2D eigenvalue weighted by Gasteiger charge is -2.06. The lowest BCUT2D eigenvalue weighted by atomic mass is 10.0. The molecule has 1 nitrogen and oxygen atoms in total. The van der Waals surface area contributed by atoms with Crippen molar-refractivity contribution < 1.29 is 0 Å². The van der Waals surface area contributed by atoms with E-state index in [4.69, 9.17) is 5.73 Å².